The molecule has 1 aromatic rings. The SMILES string of the molecule is O=C(CCc1ccccc1)N[C@@H]1CCNC1. The van der Waals surface area contributed by atoms with E-state index in [1.807, 2.05) is 18.2 Å². The highest BCUT2D eigenvalue weighted by molar-refractivity contribution is 5.76. The molecule has 3 heteroatoms. The van der Waals surface area contributed by atoms with E-state index in [0.29, 0.717) is 12.5 Å². The fourth-order valence-corrected chi connectivity index (χ4v) is 1.98. The Morgan fingerprint density at radius 3 is 2.88 bits per heavy atom. The van der Waals surface area contributed by atoms with E-state index in [0.717, 1.165) is 25.9 Å². The van der Waals surface area contributed by atoms with Crippen molar-refractivity contribution in [1.29, 1.82) is 0 Å². The first kappa shape index (κ1) is 11.1. The number of hydrogen-bond acceptors (Lipinski definition) is 2. The first-order valence-corrected chi connectivity index (χ1v) is 5.88. The Morgan fingerprint density at radius 1 is 1.38 bits per heavy atom. The van der Waals surface area contributed by atoms with Crippen molar-refractivity contribution in [3.05, 3.63) is 35.9 Å². The molecule has 1 aliphatic rings. The van der Waals surface area contributed by atoms with Crippen LogP contribution >= 0.6 is 0 Å². The molecule has 0 radical (unpaired) electrons. The van der Waals surface area contributed by atoms with Crippen molar-refractivity contribution in [3.63, 3.8) is 0 Å². The summed E-state index contributed by atoms with van der Waals surface area (Å²) in [4.78, 5) is 11.6. The van der Waals surface area contributed by atoms with Crippen LogP contribution < -0.4 is 10.6 Å². The highest BCUT2D eigenvalue weighted by Crippen LogP contribution is 2.03. The zero-order valence-electron chi connectivity index (χ0n) is 9.41. The standard InChI is InChI=1S/C13H18N2O/c16-13(15-12-8-9-14-10-12)7-6-11-4-2-1-3-5-11/h1-5,12,14H,6-10H2,(H,15,16)/t12-/m1/s1. The number of carbonyl (C=O) groups excluding carboxylic acids is 1. The van der Waals surface area contributed by atoms with Crippen LogP contribution in [0.1, 0.15) is 18.4 Å². The van der Waals surface area contributed by atoms with Gasteiger partial charge in [0.15, 0.2) is 0 Å². The van der Waals surface area contributed by atoms with Gasteiger partial charge in [0.1, 0.15) is 0 Å². The van der Waals surface area contributed by atoms with Crippen molar-refractivity contribution in [2.45, 2.75) is 25.3 Å². The molecule has 3 nitrogen and oxygen atoms in total. The van der Waals surface area contributed by atoms with Crippen molar-refractivity contribution >= 4 is 5.91 Å². The number of rotatable bonds is 4. The van der Waals surface area contributed by atoms with Crippen LogP contribution in [0.4, 0.5) is 0 Å². The molecule has 0 aromatic heterocycles. The molecule has 0 saturated carbocycles. The summed E-state index contributed by atoms with van der Waals surface area (Å²) in [5.74, 6) is 0.164. The van der Waals surface area contributed by atoms with Gasteiger partial charge in [0.2, 0.25) is 5.91 Å². The van der Waals surface area contributed by atoms with Gasteiger partial charge in [0.05, 0.1) is 0 Å². The summed E-state index contributed by atoms with van der Waals surface area (Å²) in [6, 6.07) is 10.5. The lowest BCUT2D eigenvalue weighted by atomic mass is 10.1. The van der Waals surface area contributed by atoms with Crippen molar-refractivity contribution in [2.24, 2.45) is 0 Å². The maximum absolute atomic E-state index is 11.6. The lowest BCUT2D eigenvalue weighted by Crippen LogP contribution is -2.36. The molecule has 2 N–H and O–H groups in total. The van der Waals surface area contributed by atoms with E-state index < -0.39 is 0 Å². The van der Waals surface area contributed by atoms with Crippen LogP contribution in [0.25, 0.3) is 0 Å². The molecule has 1 aromatic carbocycles. The van der Waals surface area contributed by atoms with Gasteiger partial charge in [-0.1, -0.05) is 30.3 Å². The molecule has 1 heterocycles. The second-order valence-electron chi connectivity index (χ2n) is 4.24. The Morgan fingerprint density at radius 2 is 2.19 bits per heavy atom. The molecule has 2 rings (SSSR count). The fraction of sp³-hybridized carbons (Fsp3) is 0.462. The second-order valence-corrected chi connectivity index (χ2v) is 4.24. The van der Waals surface area contributed by atoms with Crippen molar-refractivity contribution < 1.29 is 4.79 Å². The molecule has 0 unspecified atom stereocenters. The molecule has 1 amide bonds. The maximum atomic E-state index is 11.6. The Kier molecular flexibility index (Phi) is 3.94. The molecule has 0 spiro atoms. The van der Waals surface area contributed by atoms with E-state index in [-0.39, 0.29) is 5.91 Å². The molecule has 16 heavy (non-hydrogen) atoms. The third kappa shape index (κ3) is 3.35. The topological polar surface area (TPSA) is 41.1 Å². The monoisotopic (exact) mass is 218 g/mol. The van der Waals surface area contributed by atoms with E-state index in [4.69, 9.17) is 0 Å². The lowest BCUT2D eigenvalue weighted by molar-refractivity contribution is -0.121. The minimum absolute atomic E-state index is 0.164. The van der Waals surface area contributed by atoms with E-state index >= 15 is 0 Å². The van der Waals surface area contributed by atoms with E-state index in [1.165, 1.54) is 5.56 Å². The van der Waals surface area contributed by atoms with E-state index in [9.17, 15) is 4.79 Å². The van der Waals surface area contributed by atoms with Crippen molar-refractivity contribution in [2.75, 3.05) is 13.1 Å². The zero-order valence-corrected chi connectivity index (χ0v) is 9.41. The van der Waals surface area contributed by atoms with Crippen LogP contribution in [0.5, 0.6) is 0 Å². The molecular formula is C13H18N2O. The van der Waals surface area contributed by atoms with E-state index in [2.05, 4.69) is 22.8 Å². The Labute approximate surface area is 96.2 Å². The second kappa shape index (κ2) is 5.66. The van der Waals surface area contributed by atoms with Gasteiger partial charge < -0.3 is 10.6 Å². The van der Waals surface area contributed by atoms with E-state index in [1.54, 1.807) is 0 Å². The predicted molar refractivity (Wildman–Crippen MR) is 64.2 cm³/mol. The van der Waals surface area contributed by atoms with Crippen LogP contribution in [0.15, 0.2) is 30.3 Å². The summed E-state index contributed by atoms with van der Waals surface area (Å²) in [7, 11) is 0. The molecule has 0 bridgehead atoms. The summed E-state index contributed by atoms with van der Waals surface area (Å²) in [6.45, 7) is 1.93. The van der Waals surface area contributed by atoms with Crippen LogP contribution in [0.3, 0.4) is 0 Å². The summed E-state index contributed by atoms with van der Waals surface area (Å²) in [5.41, 5.74) is 1.22. The van der Waals surface area contributed by atoms with Gasteiger partial charge in [0.25, 0.3) is 0 Å². The first-order valence-electron chi connectivity index (χ1n) is 5.88. The summed E-state index contributed by atoms with van der Waals surface area (Å²) in [6.07, 6.45) is 2.46. The molecule has 86 valence electrons. The summed E-state index contributed by atoms with van der Waals surface area (Å²) in [5, 5.41) is 6.28. The van der Waals surface area contributed by atoms with Crippen LogP contribution in [0.2, 0.25) is 0 Å². The van der Waals surface area contributed by atoms with Gasteiger partial charge in [-0.3, -0.25) is 4.79 Å². The number of aryl methyl sites for hydroxylation is 1. The van der Waals surface area contributed by atoms with Crippen LogP contribution in [-0.4, -0.2) is 25.0 Å². The van der Waals surface area contributed by atoms with Gasteiger partial charge in [-0.05, 0) is 24.9 Å². The number of nitrogens with one attached hydrogen (secondary N) is 2. The quantitative estimate of drug-likeness (QED) is 0.794. The van der Waals surface area contributed by atoms with Gasteiger partial charge in [-0.15, -0.1) is 0 Å². The Hall–Kier alpha value is -1.35. The first-order chi connectivity index (χ1) is 7.84. The van der Waals surface area contributed by atoms with Crippen LogP contribution in [-0.2, 0) is 11.2 Å². The number of carbonyl (C=O) groups is 1. The zero-order chi connectivity index (χ0) is 11.2. The predicted octanol–water partition coefficient (Wildman–Crippen LogP) is 1.10. The number of hydrogen-bond donors (Lipinski definition) is 2. The summed E-state index contributed by atoms with van der Waals surface area (Å²) < 4.78 is 0. The summed E-state index contributed by atoms with van der Waals surface area (Å²) >= 11 is 0. The van der Waals surface area contributed by atoms with Crippen LogP contribution in [0, 0.1) is 0 Å². The largest absolute Gasteiger partial charge is 0.352 e. The molecular weight excluding hydrogens is 200 g/mol. The Bertz CT molecular complexity index is 331. The number of benzene rings is 1. The third-order valence-electron chi connectivity index (χ3n) is 2.91. The highest BCUT2D eigenvalue weighted by Gasteiger charge is 2.15. The normalized spacial score (nSPS) is 19.6. The maximum Gasteiger partial charge on any atom is 0.220 e. The molecule has 1 atom stereocenters. The van der Waals surface area contributed by atoms with Gasteiger partial charge in [-0.2, -0.15) is 0 Å². The fourth-order valence-electron chi connectivity index (χ4n) is 1.98. The Balaban J connectivity index is 1.71. The van der Waals surface area contributed by atoms with Gasteiger partial charge in [0, 0.05) is 19.0 Å². The minimum Gasteiger partial charge on any atom is -0.352 e. The number of amides is 1. The van der Waals surface area contributed by atoms with Crippen molar-refractivity contribution in [1.82, 2.24) is 10.6 Å². The molecule has 0 aliphatic carbocycles. The molecule has 1 fully saturated rings. The average Bonchev–Trinajstić information content (AvgIpc) is 2.81. The lowest BCUT2D eigenvalue weighted by Gasteiger charge is -2.10. The molecule has 1 saturated heterocycles. The average molecular weight is 218 g/mol. The smallest absolute Gasteiger partial charge is 0.220 e. The van der Waals surface area contributed by atoms with Gasteiger partial charge in [-0.25, -0.2) is 0 Å². The van der Waals surface area contributed by atoms with Crippen molar-refractivity contribution in [3.8, 4) is 0 Å². The van der Waals surface area contributed by atoms with Gasteiger partial charge >= 0.3 is 0 Å². The third-order valence-corrected chi connectivity index (χ3v) is 2.91. The minimum atomic E-state index is 0.164. The highest BCUT2D eigenvalue weighted by atomic mass is 16.1. The molecule has 1 aliphatic heterocycles.